The highest BCUT2D eigenvalue weighted by molar-refractivity contribution is 7.84. The summed E-state index contributed by atoms with van der Waals surface area (Å²) in [6.07, 6.45) is 0. The molecule has 0 heterocycles. The molecule has 1 aromatic carbocycles. The zero-order valence-electron chi connectivity index (χ0n) is 11.8. The highest BCUT2D eigenvalue weighted by Crippen LogP contribution is 2.72. The number of benzene rings is 1. The summed E-state index contributed by atoms with van der Waals surface area (Å²) in [6, 6.07) is 11.1. The maximum absolute atomic E-state index is 2.50. The van der Waals surface area contributed by atoms with Gasteiger partial charge in [0, 0.05) is 0 Å². The monoisotopic (exact) mass is 237 g/mol. The summed E-state index contributed by atoms with van der Waals surface area (Å²) in [5, 5.41) is 2.26. The Hall–Kier alpha value is -0.350. The number of hydrogen-bond donors (Lipinski definition) is 0. The molecule has 0 saturated heterocycles. The van der Waals surface area contributed by atoms with Crippen LogP contribution in [0.3, 0.4) is 0 Å². The molecular formula is C15H26P+. The fraction of sp³-hybridized carbons (Fsp3) is 0.600. The molecule has 16 heavy (non-hydrogen) atoms. The van der Waals surface area contributed by atoms with E-state index in [1.807, 2.05) is 0 Å². The molecule has 0 atom stereocenters. The number of rotatable bonds is 1. The van der Waals surface area contributed by atoms with Gasteiger partial charge in [-0.2, -0.15) is 0 Å². The zero-order valence-corrected chi connectivity index (χ0v) is 12.7. The first-order valence-corrected chi connectivity index (χ1v) is 8.26. The molecule has 1 heteroatoms. The average Bonchev–Trinajstić information content (AvgIpc) is 2.14. The van der Waals surface area contributed by atoms with Crippen LogP contribution < -0.4 is 5.30 Å². The lowest BCUT2D eigenvalue weighted by molar-refractivity contribution is 0.699. The molecule has 1 rings (SSSR count). The van der Waals surface area contributed by atoms with Gasteiger partial charge in [0.05, 0.1) is 29.5 Å². The van der Waals surface area contributed by atoms with Crippen LogP contribution in [-0.2, 0) is 0 Å². The van der Waals surface area contributed by atoms with E-state index in [-0.39, 0.29) is 0 Å². The minimum Gasteiger partial charge on any atom is -0.0620 e. The van der Waals surface area contributed by atoms with Gasteiger partial charge in [-0.05, 0) is 53.7 Å². The Morgan fingerprint density at radius 1 is 0.750 bits per heavy atom. The first-order chi connectivity index (χ1) is 7.11. The molecule has 0 aromatic heterocycles. The van der Waals surface area contributed by atoms with E-state index in [4.69, 9.17) is 0 Å². The quantitative estimate of drug-likeness (QED) is 0.628. The molecule has 0 aliphatic heterocycles. The molecule has 0 fully saturated rings. The van der Waals surface area contributed by atoms with Crippen LogP contribution in [0.4, 0.5) is 0 Å². The minimum atomic E-state index is -1.19. The van der Waals surface area contributed by atoms with Gasteiger partial charge in [0.25, 0.3) is 0 Å². The van der Waals surface area contributed by atoms with Crippen LogP contribution >= 0.6 is 7.26 Å². The van der Waals surface area contributed by atoms with Gasteiger partial charge in [0.2, 0.25) is 0 Å². The summed E-state index contributed by atoms with van der Waals surface area (Å²) in [6.45, 7) is 16.8. The van der Waals surface area contributed by atoms with Crippen molar-refractivity contribution in [2.75, 3.05) is 6.66 Å². The zero-order chi connectivity index (χ0) is 12.6. The second-order valence-electron chi connectivity index (χ2n) is 6.68. The van der Waals surface area contributed by atoms with E-state index in [1.54, 1.807) is 5.30 Å². The molecule has 0 spiro atoms. The lowest BCUT2D eigenvalue weighted by Crippen LogP contribution is -2.39. The maximum atomic E-state index is 2.50. The molecule has 0 bridgehead atoms. The topological polar surface area (TPSA) is 0 Å². The van der Waals surface area contributed by atoms with Crippen LogP contribution in [-0.4, -0.2) is 17.0 Å². The van der Waals surface area contributed by atoms with Gasteiger partial charge in [-0.1, -0.05) is 18.2 Å². The van der Waals surface area contributed by atoms with Crippen LogP contribution in [0.5, 0.6) is 0 Å². The summed E-state index contributed by atoms with van der Waals surface area (Å²) >= 11 is 0. The standard InChI is InChI=1S/C15H26P/c1-14(2,3)16(7,15(4,5)6)13-11-9-8-10-12-13/h8-12H,1-7H3/q+1. The highest BCUT2D eigenvalue weighted by atomic mass is 31.2. The molecule has 0 unspecified atom stereocenters. The van der Waals surface area contributed by atoms with E-state index in [1.165, 1.54) is 0 Å². The molecule has 90 valence electrons. The van der Waals surface area contributed by atoms with Crippen molar-refractivity contribution in [1.82, 2.24) is 0 Å². The lowest BCUT2D eigenvalue weighted by Gasteiger charge is -2.44. The van der Waals surface area contributed by atoms with Crippen molar-refractivity contribution < 1.29 is 0 Å². The normalized spacial score (nSPS) is 13.9. The minimum absolute atomic E-state index is 0.354. The van der Waals surface area contributed by atoms with Crippen LogP contribution in [0.2, 0.25) is 0 Å². The first kappa shape index (κ1) is 13.7. The van der Waals surface area contributed by atoms with Crippen LogP contribution in [0.1, 0.15) is 41.5 Å². The van der Waals surface area contributed by atoms with Gasteiger partial charge >= 0.3 is 0 Å². The summed E-state index contributed by atoms with van der Waals surface area (Å²) in [4.78, 5) is 0. The molecule has 0 radical (unpaired) electrons. The average molecular weight is 237 g/mol. The van der Waals surface area contributed by atoms with Gasteiger partial charge in [0.15, 0.2) is 0 Å². The Kier molecular flexibility index (Phi) is 3.56. The Morgan fingerprint density at radius 3 is 1.44 bits per heavy atom. The Labute approximate surface area is 102 Å². The van der Waals surface area contributed by atoms with E-state index < -0.39 is 7.26 Å². The van der Waals surface area contributed by atoms with E-state index in [2.05, 4.69) is 78.5 Å². The summed E-state index contributed by atoms with van der Waals surface area (Å²) in [5.74, 6) is 0. The third-order valence-electron chi connectivity index (χ3n) is 3.96. The van der Waals surface area contributed by atoms with Crippen molar-refractivity contribution >= 4 is 12.6 Å². The highest BCUT2D eigenvalue weighted by Gasteiger charge is 2.55. The second kappa shape index (κ2) is 4.15. The Balaban J connectivity index is 3.39. The fourth-order valence-electron chi connectivity index (χ4n) is 2.51. The summed E-state index contributed by atoms with van der Waals surface area (Å²) in [5.41, 5.74) is 0. The van der Waals surface area contributed by atoms with Crippen molar-refractivity contribution in [3.05, 3.63) is 30.3 Å². The van der Waals surface area contributed by atoms with E-state index in [9.17, 15) is 0 Å². The molecule has 1 aromatic rings. The molecule has 0 N–H and O–H groups in total. The maximum Gasteiger partial charge on any atom is 0.0947 e. The van der Waals surface area contributed by atoms with Crippen LogP contribution in [0.25, 0.3) is 0 Å². The largest absolute Gasteiger partial charge is 0.0947 e. The smallest absolute Gasteiger partial charge is 0.0620 e. The third-order valence-corrected chi connectivity index (χ3v) is 10.7. The van der Waals surface area contributed by atoms with Gasteiger partial charge < -0.3 is 0 Å². The van der Waals surface area contributed by atoms with Gasteiger partial charge in [-0.15, -0.1) is 0 Å². The predicted molar refractivity (Wildman–Crippen MR) is 78.4 cm³/mol. The predicted octanol–water partition coefficient (Wildman–Crippen LogP) is 4.56. The third kappa shape index (κ3) is 2.18. The van der Waals surface area contributed by atoms with Crippen molar-refractivity contribution in [3.8, 4) is 0 Å². The van der Waals surface area contributed by atoms with E-state index >= 15 is 0 Å². The number of hydrogen-bond acceptors (Lipinski definition) is 0. The van der Waals surface area contributed by atoms with Crippen LogP contribution in [0, 0.1) is 0 Å². The molecule has 0 aliphatic rings. The fourth-order valence-corrected chi connectivity index (χ4v) is 6.84. The van der Waals surface area contributed by atoms with Gasteiger partial charge in [0.1, 0.15) is 0 Å². The SMILES string of the molecule is CC(C)(C)[P+](C)(c1ccccc1)C(C)(C)C. The van der Waals surface area contributed by atoms with Crippen LogP contribution in [0.15, 0.2) is 30.3 Å². The summed E-state index contributed by atoms with van der Waals surface area (Å²) in [7, 11) is -1.19. The van der Waals surface area contributed by atoms with Gasteiger partial charge in [-0.25, -0.2) is 0 Å². The van der Waals surface area contributed by atoms with E-state index in [0.717, 1.165) is 0 Å². The summed E-state index contributed by atoms with van der Waals surface area (Å²) < 4.78 is 0. The Bertz CT molecular complexity index is 324. The molecule has 0 nitrogen and oxygen atoms in total. The first-order valence-electron chi connectivity index (χ1n) is 6.03. The molecular weight excluding hydrogens is 211 g/mol. The van der Waals surface area contributed by atoms with Gasteiger partial charge in [-0.3, -0.25) is 0 Å². The molecule has 0 aliphatic carbocycles. The van der Waals surface area contributed by atoms with E-state index in [0.29, 0.717) is 10.3 Å². The van der Waals surface area contributed by atoms with Crippen molar-refractivity contribution in [3.63, 3.8) is 0 Å². The van der Waals surface area contributed by atoms with Crippen molar-refractivity contribution in [1.29, 1.82) is 0 Å². The second-order valence-corrected chi connectivity index (χ2v) is 11.9. The molecule has 0 saturated carbocycles. The van der Waals surface area contributed by atoms with Crippen molar-refractivity contribution in [2.45, 2.75) is 51.9 Å². The van der Waals surface area contributed by atoms with Crippen molar-refractivity contribution in [2.24, 2.45) is 0 Å². The molecule has 0 amide bonds. The Morgan fingerprint density at radius 2 is 1.12 bits per heavy atom. The lowest BCUT2D eigenvalue weighted by atomic mass is 10.2.